The molecule has 0 aliphatic heterocycles. The van der Waals surface area contributed by atoms with Gasteiger partial charge < -0.3 is 9.67 Å². The standard InChI is InChI=1S/C15H6ClF3N2O3/c16-14-11(19)12-7(4-20-14)13(22)8(15(23)24)5-21(12)10-2-1-6(17)3-9(10)18/h1-5H,(H,23,24). The molecule has 1 N–H and O–H groups in total. The Morgan fingerprint density at radius 1 is 1.25 bits per heavy atom. The second-order valence-electron chi connectivity index (χ2n) is 4.77. The molecule has 122 valence electrons. The molecule has 0 radical (unpaired) electrons. The molecule has 0 atom stereocenters. The molecule has 0 fully saturated rings. The Kier molecular flexibility index (Phi) is 3.76. The molecule has 3 aromatic rings. The van der Waals surface area contributed by atoms with Gasteiger partial charge >= 0.3 is 5.97 Å². The van der Waals surface area contributed by atoms with Gasteiger partial charge in [0.2, 0.25) is 5.43 Å². The van der Waals surface area contributed by atoms with Crippen molar-refractivity contribution in [2.24, 2.45) is 0 Å². The SMILES string of the molecule is O=C(O)c1cn(-c2ccc(F)cc2F)c2c(F)c(Cl)ncc2c1=O. The van der Waals surface area contributed by atoms with Gasteiger partial charge in [-0.25, -0.2) is 22.9 Å². The maximum absolute atomic E-state index is 14.4. The van der Waals surface area contributed by atoms with Gasteiger partial charge in [0.25, 0.3) is 0 Å². The first-order chi connectivity index (χ1) is 11.3. The van der Waals surface area contributed by atoms with Crippen molar-refractivity contribution in [3.8, 4) is 5.69 Å². The van der Waals surface area contributed by atoms with Crippen LogP contribution in [0.1, 0.15) is 10.4 Å². The zero-order valence-corrected chi connectivity index (χ0v) is 12.3. The monoisotopic (exact) mass is 354 g/mol. The Morgan fingerprint density at radius 3 is 2.58 bits per heavy atom. The zero-order chi connectivity index (χ0) is 17.6. The van der Waals surface area contributed by atoms with Crippen molar-refractivity contribution < 1.29 is 23.1 Å². The number of carboxylic acids is 1. The third-order valence-corrected chi connectivity index (χ3v) is 3.60. The molecule has 3 rings (SSSR count). The number of halogens is 4. The van der Waals surface area contributed by atoms with E-state index in [0.29, 0.717) is 6.07 Å². The zero-order valence-electron chi connectivity index (χ0n) is 11.6. The summed E-state index contributed by atoms with van der Waals surface area (Å²) in [6.07, 6.45) is 1.65. The summed E-state index contributed by atoms with van der Waals surface area (Å²) < 4.78 is 42.3. The van der Waals surface area contributed by atoms with E-state index in [2.05, 4.69) is 4.98 Å². The summed E-state index contributed by atoms with van der Waals surface area (Å²) in [4.78, 5) is 26.9. The summed E-state index contributed by atoms with van der Waals surface area (Å²) in [5.74, 6) is -4.68. The van der Waals surface area contributed by atoms with Crippen LogP contribution in [-0.2, 0) is 0 Å². The molecule has 2 aromatic heterocycles. The van der Waals surface area contributed by atoms with Crippen LogP contribution in [0.5, 0.6) is 0 Å². The Balaban J connectivity index is 2.54. The predicted molar refractivity (Wildman–Crippen MR) is 79.2 cm³/mol. The maximum Gasteiger partial charge on any atom is 0.341 e. The van der Waals surface area contributed by atoms with Crippen LogP contribution in [0.4, 0.5) is 13.2 Å². The number of pyridine rings is 2. The molecule has 0 bridgehead atoms. The molecule has 0 unspecified atom stereocenters. The topological polar surface area (TPSA) is 72.2 Å². The summed E-state index contributed by atoms with van der Waals surface area (Å²) in [5, 5.41) is 8.14. The van der Waals surface area contributed by atoms with Gasteiger partial charge in [0, 0.05) is 18.5 Å². The van der Waals surface area contributed by atoms with Crippen LogP contribution in [0.15, 0.2) is 35.4 Å². The normalized spacial score (nSPS) is 11.0. The van der Waals surface area contributed by atoms with Gasteiger partial charge in [-0.2, -0.15) is 0 Å². The highest BCUT2D eigenvalue weighted by Gasteiger charge is 2.21. The van der Waals surface area contributed by atoms with Crippen LogP contribution in [0.25, 0.3) is 16.6 Å². The van der Waals surface area contributed by atoms with Crippen molar-refractivity contribution >= 4 is 28.5 Å². The third-order valence-electron chi connectivity index (χ3n) is 3.34. The van der Waals surface area contributed by atoms with Crippen molar-refractivity contribution in [1.29, 1.82) is 0 Å². The maximum atomic E-state index is 14.4. The number of carbonyl (C=O) groups is 1. The van der Waals surface area contributed by atoms with Gasteiger partial charge in [-0.3, -0.25) is 4.79 Å². The van der Waals surface area contributed by atoms with Crippen molar-refractivity contribution in [1.82, 2.24) is 9.55 Å². The van der Waals surface area contributed by atoms with Gasteiger partial charge in [0.1, 0.15) is 17.2 Å². The number of aromatic carboxylic acids is 1. The van der Waals surface area contributed by atoms with Crippen LogP contribution in [0.3, 0.4) is 0 Å². The minimum absolute atomic E-state index is 0.356. The van der Waals surface area contributed by atoms with E-state index in [9.17, 15) is 22.8 Å². The van der Waals surface area contributed by atoms with E-state index in [1.807, 2.05) is 0 Å². The molecule has 1 aromatic carbocycles. The number of nitrogens with zero attached hydrogens (tertiary/aromatic N) is 2. The molecule has 2 heterocycles. The summed E-state index contributed by atoms with van der Waals surface area (Å²) >= 11 is 5.60. The first kappa shape index (κ1) is 16.0. The molecule has 0 saturated carbocycles. The van der Waals surface area contributed by atoms with Crippen LogP contribution in [0, 0.1) is 17.5 Å². The average molecular weight is 355 g/mol. The van der Waals surface area contributed by atoms with Crippen LogP contribution < -0.4 is 5.43 Å². The van der Waals surface area contributed by atoms with E-state index in [4.69, 9.17) is 16.7 Å². The van der Waals surface area contributed by atoms with E-state index >= 15 is 0 Å². The van der Waals surface area contributed by atoms with Crippen molar-refractivity contribution in [3.05, 3.63) is 69.0 Å². The lowest BCUT2D eigenvalue weighted by atomic mass is 10.1. The molecule has 0 saturated heterocycles. The van der Waals surface area contributed by atoms with Crippen LogP contribution in [0.2, 0.25) is 5.15 Å². The second kappa shape index (κ2) is 5.64. The highest BCUT2D eigenvalue weighted by atomic mass is 35.5. The first-order valence-corrected chi connectivity index (χ1v) is 6.77. The molecule has 0 aliphatic rings. The van der Waals surface area contributed by atoms with Crippen LogP contribution in [-0.4, -0.2) is 20.6 Å². The number of carboxylic acid groups (broad SMARTS) is 1. The fourth-order valence-corrected chi connectivity index (χ4v) is 2.41. The van der Waals surface area contributed by atoms with Gasteiger partial charge in [0.05, 0.1) is 16.6 Å². The molecular formula is C15H6ClF3N2O3. The predicted octanol–water partition coefficient (Wildman–Crippen LogP) is 3.15. The van der Waals surface area contributed by atoms with Gasteiger partial charge in [0.15, 0.2) is 11.0 Å². The van der Waals surface area contributed by atoms with Gasteiger partial charge in [-0.1, -0.05) is 11.6 Å². The minimum Gasteiger partial charge on any atom is -0.477 e. The van der Waals surface area contributed by atoms with Gasteiger partial charge in [-0.05, 0) is 12.1 Å². The number of rotatable bonds is 2. The van der Waals surface area contributed by atoms with E-state index < -0.39 is 50.5 Å². The smallest absolute Gasteiger partial charge is 0.341 e. The van der Waals surface area contributed by atoms with Crippen LogP contribution >= 0.6 is 11.6 Å². The molecule has 5 nitrogen and oxygen atoms in total. The Labute approximate surface area is 136 Å². The summed E-state index contributed by atoms with van der Waals surface area (Å²) in [7, 11) is 0. The number of fused-ring (bicyclic) bond motifs is 1. The molecule has 0 aliphatic carbocycles. The summed E-state index contributed by atoms with van der Waals surface area (Å²) in [5.41, 5.74) is -2.55. The second-order valence-corrected chi connectivity index (χ2v) is 5.13. The van der Waals surface area contributed by atoms with E-state index in [1.165, 1.54) is 0 Å². The fraction of sp³-hybridized carbons (Fsp3) is 0. The highest BCUT2D eigenvalue weighted by Crippen LogP contribution is 2.25. The molecule has 24 heavy (non-hydrogen) atoms. The van der Waals surface area contributed by atoms with Crippen molar-refractivity contribution in [2.45, 2.75) is 0 Å². The first-order valence-electron chi connectivity index (χ1n) is 6.39. The molecular weight excluding hydrogens is 349 g/mol. The van der Waals surface area contributed by atoms with E-state index in [1.54, 1.807) is 0 Å². The summed E-state index contributed by atoms with van der Waals surface area (Å²) in [6.45, 7) is 0. The number of benzene rings is 1. The lowest BCUT2D eigenvalue weighted by molar-refractivity contribution is 0.0695. The Bertz CT molecular complexity index is 1070. The lowest BCUT2D eigenvalue weighted by Crippen LogP contribution is -2.20. The third kappa shape index (κ3) is 2.41. The van der Waals surface area contributed by atoms with Crippen molar-refractivity contribution in [2.75, 3.05) is 0 Å². The fourth-order valence-electron chi connectivity index (χ4n) is 2.27. The number of aromatic nitrogens is 2. The molecule has 0 amide bonds. The average Bonchev–Trinajstić information content (AvgIpc) is 2.51. The van der Waals surface area contributed by atoms with E-state index in [-0.39, 0.29) is 5.69 Å². The largest absolute Gasteiger partial charge is 0.477 e. The van der Waals surface area contributed by atoms with Gasteiger partial charge in [-0.15, -0.1) is 0 Å². The number of hydrogen-bond acceptors (Lipinski definition) is 3. The Hall–Kier alpha value is -2.87. The highest BCUT2D eigenvalue weighted by molar-refractivity contribution is 6.30. The lowest BCUT2D eigenvalue weighted by Gasteiger charge is -2.14. The van der Waals surface area contributed by atoms with E-state index in [0.717, 1.165) is 29.1 Å². The summed E-state index contributed by atoms with van der Waals surface area (Å²) in [6, 6.07) is 2.43. The molecule has 0 spiro atoms. The minimum atomic E-state index is -1.59. The quantitative estimate of drug-likeness (QED) is 0.718. The number of hydrogen-bond donors (Lipinski definition) is 1. The van der Waals surface area contributed by atoms with Crippen molar-refractivity contribution in [3.63, 3.8) is 0 Å². The Morgan fingerprint density at radius 2 is 1.96 bits per heavy atom. The molecule has 9 heteroatoms.